The van der Waals surface area contributed by atoms with E-state index in [-0.39, 0.29) is 55.1 Å². The smallest absolute Gasteiger partial charge is 0.326 e. The van der Waals surface area contributed by atoms with Gasteiger partial charge < -0.3 is 34.8 Å². The van der Waals surface area contributed by atoms with Crippen molar-refractivity contribution in [1.82, 2.24) is 24.4 Å². The van der Waals surface area contributed by atoms with Crippen LogP contribution in [0.5, 0.6) is 0 Å². The van der Waals surface area contributed by atoms with E-state index in [1.165, 1.54) is 41.0 Å². The topological polar surface area (TPSA) is 215 Å². The first kappa shape index (κ1) is 60.8. The fourth-order valence-corrected chi connectivity index (χ4v) is 8.20. The summed E-state index contributed by atoms with van der Waals surface area (Å²) in [7, 11) is 2.68. The molecule has 3 unspecified atom stereocenters. The van der Waals surface area contributed by atoms with Crippen molar-refractivity contribution < 1.29 is 33.8 Å². The molecule has 4 atom stereocenters. The molecule has 0 bridgehead atoms. The van der Waals surface area contributed by atoms with Crippen LogP contribution in [-0.4, -0.2) is 62.2 Å². The number of rotatable bonds is 17. The lowest BCUT2D eigenvalue weighted by atomic mass is 9.95. The molecule has 0 aliphatic rings. The van der Waals surface area contributed by atoms with Crippen LogP contribution in [0.15, 0.2) is 119 Å². The monoisotopic (exact) mass is 1010 g/mol. The largest absolute Gasteiger partial charge is 0.480 e. The standard InChI is InChI=1S/C29H35N3O4.C17H20N2O2.C12H17NO3.CH4/c1-18(2)13-26(32-12-11-19(3)14-27(32)33)29(35)31-25(16-28(34)36-6)22-15-24(21(5)30-17-22)23-10-8-7-9-20(23)4;1-11-6-4-5-7-14(11)15-8-13(10-19-12(15)2)16(18)9-17(20)21-3;1-8(2)6-10(12(15)16)13-5-4-9(3)7-11(13)14;/h7-12,14-15,17-18,25-26H,13,16H2,1-6H3,(H,31,35);4-8,10,16H,9,18H2,1-3H3;4-5,7-8,10H,6H2,1-3H3,(H,15,16);1H4/t;;10-;/m..0./s1. The predicted octanol–water partition coefficient (Wildman–Crippen LogP) is 10.2. The number of amides is 1. The highest BCUT2D eigenvalue weighted by Crippen LogP contribution is 2.31. The van der Waals surface area contributed by atoms with Crippen LogP contribution in [0.1, 0.15) is 130 Å². The molecule has 6 rings (SSSR count). The Morgan fingerprint density at radius 3 is 1.46 bits per heavy atom. The summed E-state index contributed by atoms with van der Waals surface area (Å²) in [6.45, 7) is 19.5. The molecule has 4 N–H and O–H groups in total. The highest BCUT2D eigenvalue weighted by molar-refractivity contribution is 5.82. The van der Waals surface area contributed by atoms with E-state index in [1.54, 1.807) is 30.9 Å². The first-order valence-corrected chi connectivity index (χ1v) is 24.4. The number of methoxy groups -OCH3 is 2. The maximum absolute atomic E-state index is 13.6. The highest BCUT2D eigenvalue weighted by Gasteiger charge is 2.28. The fourth-order valence-electron chi connectivity index (χ4n) is 8.20. The number of aromatic nitrogens is 4. The van der Waals surface area contributed by atoms with Gasteiger partial charge in [-0.25, -0.2) is 4.79 Å². The van der Waals surface area contributed by atoms with Crippen molar-refractivity contribution in [3.05, 3.63) is 175 Å². The van der Waals surface area contributed by atoms with Gasteiger partial charge in [-0.2, -0.15) is 0 Å². The predicted molar refractivity (Wildman–Crippen MR) is 292 cm³/mol. The quantitative estimate of drug-likeness (QED) is 0.0728. The van der Waals surface area contributed by atoms with Crippen LogP contribution in [-0.2, 0) is 28.7 Å². The van der Waals surface area contributed by atoms with Crippen LogP contribution >= 0.6 is 0 Å². The highest BCUT2D eigenvalue weighted by atomic mass is 16.5. The number of aryl methyl sites for hydroxylation is 6. The minimum absolute atomic E-state index is 0. The molecule has 6 aromatic rings. The molecular weight excluding hydrogens is 937 g/mol. The molecule has 15 heteroatoms. The summed E-state index contributed by atoms with van der Waals surface area (Å²) in [4.78, 5) is 81.8. The Bertz CT molecular complexity index is 2980. The van der Waals surface area contributed by atoms with E-state index in [0.29, 0.717) is 18.4 Å². The van der Waals surface area contributed by atoms with Crippen molar-refractivity contribution in [2.24, 2.45) is 17.6 Å². The fraction of sp³-hybridized carbons (Fsp3) is 0.390. The number of nitrogens with two attached hydrogens (primary N) is 1. The number of hydrogen-bond donors (Lipinski definition) is 3. The molecule has 396 valence electrons. The number of pyridine rings is 4. The molecule has 15 nitrogen and oxygen atoms in total. The average molecular weight is 1010 g/mol. The molecule has 0 saturated carbocycles. The SMILES string of the molecule is C.COC(=O)CC(N)c1cnc(C)c(-c2ccccc2C)c1.COC(=O)CC(NC(=O)C(CC(C)C)n1ccc(C)cc1=O)c1cnc(C)c(-c2ccccc2C)c1.Cc1ccn([C@@H](CC(C)C)C(=O)O)c(=O)c1. The molecule has 0 aliphatic carbocycles. The molecule has 1 amide bonds. The van der Waals surface area contributed by atoms with Gasteiger partial charge in [0.15, 0.2) is 0 Å². The zero-order valence-electron chi connectivity index (χ0n) is 44.3. The molecular formula is C59H76N6O9. The first-order chi connectivity index (χ1) is 34.5. The number of carboxylic acids is 1. The number of nitrogens with one attached hydrogen (secondary N) is 1. The van der Waals surface area contributed by atoms with Gasteiger partial charge in [-0.05, 0) is 135 Å². The summed E-state index contributed by atoms with van der Waals surface area (Å²) in [6, 6.07) is 24.1. The number of hydrogen-bond acceptors (Lipinski definition) is 11. The minimum Gasteiger partial charge on any atom is -0.480 e. The van der Waals surface area contributed by atoms with Gasteiger partial charge in [-0.15, -0.1) is 0 Å². The molecule has 0 spiro atoms. The summed E-state index contributed by atoms with van der Waals surface area (Å²) < 4.78 is 12.3. The Labute approximate surface area is 436 Å². The first-order valence-electron chi connectivity index (χ1n) is 24.4. The summed E-state index contributed by atoms with van der Waals surface area (Å²) in [5.41, 5.74) is 17.0. The number of carbonyl (C=O) groups is 4. The molecule has 0 radical (unpaired) electrons. The van der Waals surface area contributed by atoms with E-state index < -0.39 is 36.1 Å². The molecule has 0 saturated heterocycles. The van der Waals surface area contributed by atoms with E-state index in [0.717, 1.165) is 55.9 Å². The number of carbonyl (C=O) groups excluding carboxylic acids is 3. The summed E-state index contributed by atoms with van der Waals surface area (Å²) in [5, 5.41) is 12.1. The van der Waals surface area contributed by atoms with Gasteiger partial charge >= 0.3 is 17.9 Å². The van der Waals surface area contributed by atoms with Crippen LogP contribution in [0.4, 0.5) is 0 Å². The van der Waals surface area contributed by atoms with E-state index in [9.17, 15) is 28.8 Å². The third-order valence-corrected chi connectivity index (χ3v) is 12.3. The summed E-state index contributed by atoms with van der Waals surface area (Å²) in [6.07, 6.45) is 7.64. The number of aliphatic carboxylic acids is 1. The van der Waals surface area contributed by atoms with E-state index >= 15 is 0 Å². The molecule has 2 aromatic carbocycles. The number of benzene rings is 2. The number of esters is 2. The Morgan fingerprint density at radius 2 is 1.03 bits per heavy atom. The van der Waals surface area contributed by atoms with Crippen LogP contribution in [0.3, 0.4) is 0 Å². The second-order valence-electron chi connectivity index (χ2n) is 19.2. The van der Waals surface area contributed by atoms with Gasteiger partial charge in [0.25, 0.3) is 11.1 Å². The van der Waals surface area contributed by atoms with Crippen molar-refractivity contribution in [2.45, 2.75) is 127 Å². The number of ether oxygens (including phenoxy) is 2. The number of nitrogens with zero attached hydrogens (tertiary/aromatic N) is 4. The van der Waals surface area contributed by atoms with E-state index in [2.05, 4.69) is 39.1 Å². The van der Waals surface area contributed by atoms with Gasteiger partial charge in [0.1, 0.15) is 12.1 Å². The lowest BCUT2D eigenvalue weighted by Crippen LogP contribution is -2.40. The van der Waals surface area contributed by atoms with Crippen molar-refractivity contribution in [3.8, 4) is 22.3 Å². The molecule has 0 aliphatic heterocycles. The van der Waals surface area contributed by atoms with Gasteiger partial charge in [0.2, 0.25) is 5.91 Å². The second kappa shape index (κ2) is 28.7. The van der Waals surface area contributed by atoms with E-state index in [1.807, 2.05) is 117 Å². The van der Waals surface area contributed by atoms with Crippen LogP contribution in [0.25, 0.3) is 22.3 Å². The van der Waals surface area contributed by atoms with Crippen molar-refractivity contribution in [2.75, 3.05) is 14.2 Å². The van der Waals surface area contributed by atoms with Crippen LogP contribution in [0, 0.1) is 53.4 Å². The zero-order chi connectivity index (χ0) is 54.1. The third kappa shape index (κ3) is 17.3. The lowest BCUT2D eigenvalue weighted by molar-refractivity contribution is -0.142. The Hall–Kier alpha value is -7.52. The molecule has 4 aromatic heterocycles. The Balaban J connectivity index is 0.000000321. The van der Waals surface area contributed by atoms with Gasteiger partial charge in [0.05, 0.1) is 33.1 Å². The number of carboxylic acid groups (broad SMARTS) is 1. The minimum atomic E-state index is -0.959. The summed E-state index contributed by atoms with van der Waals surface area (Å²) in [5.74, 6) is -1.66. The third-order valence-electron chi connectivity index (χ3n) is 12.3. The maximum atomic E-state index is 13.6. The zero-order valence-corrected chi connectivity index (χ0v) is 44.3. The van der Waals surface area contributed by atoms with Gasteiger partial charge in [-0.3, -0.25) is 33.9 Å². The average Bonchev–Trinajstić information content (AvgIpc) is 3.33. The van der Waals surface area contributed by atoms with Crippen LogP contribution < -0.4 is 22.2 Å². The van der Waals surface area contributed by atoms with Gasteiger partial charge in [-0.1, -0.05) is 83.7 Å². The van der Waals surface area contributed by atoms with Crippen molar-refractivity contribution in [1.29, 1.82) is 0 Å². The Kier molecular flexibility index (Phi) is 23.5. The molecule has 4 heterocycles. The maximum Gasteiger partial charge on any atom is 0.326 e. The summed E-state index contributed by atoms with van der Waals surface area (Å²) >= 11 is 0. The lowest BCUT2D eigenvalue weighted by Gasteiger charge is -2.25. The van der Waals surface area contributed by atoms with Crippen LogP contribution in [0.2, 0.25) is 0 Å². The van der Waals surface area contributed by atoms with Crippen molar-refractivity contribution in [3.63, 3.8) is 0 Å². The molecule has 74 heavy (non-hydrogen) atoms. The molecule has 0 fully saturated rings. The normalized spacial score (nSPS) is 12.4. The van der Waals surface area contributed by atoms with E-state index in [4.69, 9.17) is 15.6 Å². The Morgan fingerprint density at radius 1 is 0.608 bits per heavy atom. The second-order valence-corrected chi connectivity index (χ2v) is 19.2. The van der Waals surface area contributed by atoms with Crippen molar-refractivity contribution >= 4 is 23.8 Å². The van der Waals surface area contributed by atoms with Gasteiger partial charge in [0, 0.05) is 65.5 Å².